The van der Waals surface area contributed by atoms with Gasteiger partial charge in [0.1, 0.15) is 17.9 Å². The van der Waals surface area contributed by atoms with Gasteiger partial charge in [-0.3, -0.25) is 9.78 Å². The van der Waals surface area contributed by atoms with Crippen LogP contribution in [0, 0.1) is 5.82 Å². The number of pyridine rings is 1. The number of hydrogen-bond acceptors (Lipinski definition) is 5. The van der Waals surface area contributed by atoms with E-state index < -0.39 is 11.7 Å². The smallest absolute Gasteiger partial charge is 0.249 e. The van der Waals surface area contributed by atoms with Crippen molar-refractivity contribution < 1.29 is 13.9 Å². The predicted molar refractivity (Wildman–Crippen MR) is 85.3 cm³/mol. The van der Waals surface area contributed by atoms with Crippen molar-refractivity contribution in [3.05, 3.63) is 65.6 Å². The van der Waals surface area contributed by atoms with Crippen molar-refractivity contribution in [3.63, 3.8) is 0 Å². The molecule has 120 valence electrons. The number of amides is 1. The highest BCUT2D eigenvalue weighted by molar-refractivity contribution is 6.34. The standard InChI is InChI=1S/C16H10ClFN4O2/c17-13-5-10(24-11-6-20-8-21-7-11)4-12(16(19)23)15(13)14-3-9(18)1-2-22-14/h1-8H,(H2,19,23). The Morgan fingerprint density at radius 2 is 1.92 bits per heavy atom. The second-order valence-electron chi connectivity index (χ2n) is 4.73. The van der Waals surface area contributed by atoms with Crippen LogP contribution in [-0.4, -0.2) is 20.9 Å². The van der Waals surface area contributed by atoms with Gasteiger partial charge < -0.3 is 10.5 Å². The first-order valence-corrected chi connectivity index (χ1v) is 7.10. The van der Waals surface area contributed by atoms with Crippen LogP contribution in [0.15, 0.2) is 49.2 Å². The van der Waals surface area contributed by atoms with Crippen molar-refractivity contribution in [2.24, 2.45) is 5.73 Å². The van der Waals surface area contributed by atoms with Crippen LogP contribution in [-0.2, 0) is 0 Å². The Balaban J connectivity index is 2.09. The van der Waals surface area contributed by atoms with Crippen molar-refractivity contribution in [1.82, 2.24) is 15.0 Å². The fourth-order valence-electron chi connectivity index (χ4n) is 2.11. The summed E-state index contributed by atoms with van der Waals surface area (Å²) in [4.78, 5) is 23.5. The molecule has 0 unspecified atom stereocenters. The predicted octanol–water partition coefficient (Wildman–Crippen LogP) is 3.22. The van der Waals surface area contributed by atoms with E-state index >= 15 is 0 Å². The Labute approximate surface area is 141 Å². The van der Waals surface area contributed by atoms with E-state index in [0.717, 1.165) is 0 Å². The highest BCUT2D eigenvalue weighted by Gasteiger charge is 2.18. The molecule has 0 fully saturated rings. The zero-order valence-corrected chi connectivity index (χ0v) is 12.9. The summed E-state index contributed by atoms with van der Waals surface area (Å²) < 4.78 is 19.0. The van der Waals surface area contributed by atoms with Crippen molar-refractivity contribution in [2.75, 3.05) is 0 Å². The summed E-state index contributed by atoms with van der Waals surface area (Å²) in [5, 5.41) is 0.149. The monoisotopic (exact) mass is 344 g/mol. The molecule has 24 heavy (non-hydrogen) atoms. The molecule has 0 saturated carbocycles. The number of rotatable bonds is 4. The lowest BCUT2D eigenvalue weighted by Gasteiger charge is -2.12. The number of benzene rings is 1. The molecular formula is C16H10ClFN4O2. The minimum atomic E-state index is -0.743. The van der Waals surface area contributed by atoms with Gasteiger partial charge in [-0.2, -0.15) is 0 Å². The highest BCUT2D eigenvalue weighted by atomic mass is 35.5. The normalized spacial score (nSPS) is 10.4. The third kappa shape index (κ3) is 3.31. The van der Waals surface area contributed by atoms with E-state index in [1.54, 1.807) is 0 Å². The SMILES string of the molecule is NC(=O)c1cc(Oc2cncnc2)cc(Cl)c1-c1cc(F)ccn1. The molecule has 0 aliphatic carbocycles. The largest absolute Gasteiger partial charge is 0.454 e. The van der Waals surface area contributed by atoms with Gasteiger partial charge in [0.25, 0.3) is 0 Å². The third-order valence-electron chi connectivity index (χ3n) is 3.08. The molecule has 3 aromatic rings. The molecular weight excluding hydrogens is 335 g/mol. The molecule has 2 N–H and O–H groups in total. The van der Waals surface area contributed by atoms with Gasteiger partial charge in [-0.05, 0) is 12.1 Å². The van der Waals surface area contributed by atoms with Crippen LogP contribution in [0.5, 0.6) is 11.5 Å². The molecule has 0 atom stereocenters. The molecule has 2 aromatic heterocycles. The number of carbonyl (C=O) groups excluding carboxylic acids is 1. The summed E-state index contributed by atoms with van der Waals surface area (Å²) in [6, 6.07) is 5.24. The van der Waals surface area contributed by atoms with E-state index in [2.05, 4.69) is 15.0 Å². The molecule has 1 aromatic carbocycles. The summed E-state index contributed by atoms with van der Waals surface area (Å²) in [7, 11) is 0. The topological polar surface area (TPSA) is 91.0 Å². The maximum atomic E-state index is 13.4. The van der Waals surface area contributed by atoms with Crippen LogP contribution in [0.25, 0.3) is 11.3 Å². The zero-order valence-electron chi connectivity index (χ0n) is 12.1. The summed E-state index contributed by atoms with van der Waals surface area (Å²) in [5.41, 5.74) is 5.92. The third-order valence-corrected chi connectivity index (χ3v) is 3.38. The summed E-state index contributed by atoms with van der Waals surface area (Å²) >= 11 is 6.25. The maximum Gasteiger partial charge on any atom is 0.249 e. The van der Waals surface area contributed by atoms with Gasteiger partial charge in [0.2, 0.25) is 5.91 Å². The van der Waals surface area contributed by atoms with Gasteiger partial charge in [0.05, 0.1) is 28.7 Å². The van der Waals surface area contributed by atoms with Crippen molar-refractivity contribution >= 4 is 17.5 Å². The van der Waals surface area contributed by atoms with Crippen molar-refractivity contribution in [2.45, 2.75) is 0 Å². The molecule has 2 heterocycles. The number of carbonyl (C=O) groups is 1. The Bertz CT molecular complexity index is 906. The maximum absolute atomic E-state index is 13.4. The lowest BCUT2D eigenvalue weighted by Crippen LogP contribution is -2.13. The lowest BCUT2D eigenvalue weighted by molar-refractivity contribution is 0.100. The van der Waals surface area contributed by atoms with E-state index in [1.807, 2.05) is 0 Å². The molecule has 0 spiro atoms. The fraction of sp³-hybridized carbons (Fsp3) is 0. The average molecular weight is 345 g/mol. The molecule has 0 bridgehead atoms. The Morgan fingerprint density at radius 3 is 2.58 bits per heavy atom. The van der Waals surface area contributed by atoms with Crippen LogP contribution in [0.2, 0.25) is 5.02 Å². The van der Waals surface area contributed by atoms with E-state index in [1.165, 1.54) is 49.2 Å². The van der Waals surface area contributed by atoms with E-state index in [0.29, 0.717) is 5.75 Å². The van der Waals surface area contributed by atoms with Crippen LogP contribution < -0.4 is 10.5 Å². The molecule has 0 aliphatic rings. The Kier molecular flexibility index (Phi) is 4.35. The molecule has 0 radical (unpaired) electrons. The molecule has 6 nitrogen and oxygen atoms in total. The second kappa shape index (κ2) is 6.59. The van der Waals surface area contributed by atoms with Gasteiger partial charge >= 0.3 is 0 Å². The number of halogens is 2. The van der Waals surface area contributed by atoms with Gasteiger partial charge in [-0.15, -0.1) is 0 Å². The van der Waals surface area contributed by atoms with E-state index in [-0.39, 0.29) is 27.6 Å². The van der Waals surface area contributed by atoms with Gasteiger partial charge in [0.15, 0.2) is 5.75 Å². The van der Waals surface area contributed by atoms with Crippen LogP contribution in [0.1, 0.15) is 10.4 Å². The number of nitrogens with two attached hydrogens (primary N) is 1. The van der Waals surface area contributed by atoms with Gasteiger partial charge in [0, 0.05) is 23.9 Å². The minimum absolute atomic E-state index is 0.0625. The Morgan fingerprint density at radius 1 is 1.17 bits per heavy atom. The number of aromatic nitrogens is 3. The van der Waals surface area contributed by atoms with Gasteiger partial charge in [-0.1, -0.05) is 11.6 Å². The number of nitrogens with zero attached hydrogens (tertiary/aromatic N) is 3. The number of ether oxygens (including phenoxy) is 1. The molecule has 0 saturated heterocycles. The van der Waals surface area contributed by atoms with Crippen molar-refractivity contribution in [3.8, 4) is 22.8 Å². The molecule has 8 heteroatoms. The highest BCUT2D eigenvalue weighted by Crippen LogP contribution is 2.35. The van der Waals surface area contributed by atoms with Crippen LogP contribution >= 0.6 is 11.6 Å². The summed E-state index contributed by atoms with van der Waals surface area (Å²) in [6.45, 7) is 0. The van der Waals surface area contributed by atoms with Gasteiger partial charge in [-0.25, -0.2) is 14.4 Å². The lowest BCUT2D eigenvalue weighted by atomic mass is 10.0. The Hall–Kier alpha value is -3.06. The second-order valence-corrected chi connectivity index (χ2v) is 5.13. The first-order valence-electron chi connectivity index (χ1n) is 6.73. The molecule has 0 aliphatic heterocycles. The number of primary amides is 1. The summed E-state index contributed by atoms with van der Waals surface area (Å²) in [5.74, 6) is -0.620. The summed E-state index contributed by atoms with van der Waals surface area (Å²) in [6.07, 6.45) is 5.53. The van der Waals surface area contributed by atoms with E-state index in [4.69, 9.17) is 22.1 Å². The average Bonchev–Trinajstić information content (AvgIpc) is 2.55. The molecule has 3 rings (SSSR count). The van der Waals surface area contributed by atoms with Crippen LogP contribution in [0.3, 0.4) is 0 Å². The van der Waals surface area contributed by atoms with E-state index in [9.17, 15) is 9.18 Å². The minimum Gasteiger partial charge on any atom is -0.454 e. The van der Waals surface area contributed by atoms with Crippen LogP contribution in [0.4, 0.5) is 4.39 Å². The fourth-order valence-corrected chi connectivity index (χ4v) is 2.42. The first-order chi connectivity index (χ1) is 11.5. The first kappa shape index (κ1) is 15.8. The molecule has 1 amide bonds. The zero-order chi connectivity index (χ0) is 17.1. The van der Waals surface area contributed by atoms with Crippen molar-refractivity contribution in [1.29, 1.82) is 0 Å². The quantitative estimate of drug-likeness (QED) is 0.784. The number of hydrogen-bond donors (Lipinski definition) is 1.